The number of nitrogens with one attached hydrogen (secondary N) is 1. The first-order valence-corrected chi connectivity index (χ1v) is 16.8. The molecule has 0 spiro atoms. The second kappa shape index (κ2) is 17.1. The van der Waals surface area contributed by atoms with Crippen LogP contribution in [0.3, 0.4) is 0 Å². The van der Waals surface area contributed by atoms with E-state index in [1.165, 1.54) is 5.56 Å². The first kappa shape index (κ1) is 33.5. The summed E-state index contributed by atoms with van der Waals surface area (Å²) in [5.41, 5.74) is 5.25. The van der Waals surface area contributed by atoms with Crippen LogP contribution in [0.1, 0.15) is 22.3 Å². The first-order chi connectivity index (χ1) is 24.1. The molecule has 1 amide bonds. The molecule has 0 aromatic heterocycles. The van der Waals surface area contributed by atoms with Crippen molar-refractivity contribution in [3.05, 3.63) is 174 Å². The minimum atomic E-state index is -0.669. The van der Waals surface area contributed by atoms with Crippen molar-refractivity contribution in [3.63, 3.8) is 0 Å². The molecule has 6 rings (SSSR count). The van der Waals surface area contributed by atoms with Gasteiger partial charge in [-0.3, -0.25) is 9.69 Å². The van der Waals surface area contributed by atoms with E-state index in [4.69, 9.17) is 9.47 Å². The van der Waals surface area contributed by atoms with E-state index < -0.39 is 6.10 Å². The van der Waals surface area contributed by atoms with E-state index >= 15 is 0 Å². The highest BCUT2D eigenvalue weighted by Gasteiger charge is 2.14. The normalized spacial score (nSPS) is 11.7. The van der Waals surface area contributed by atoms with Crippen LogP contribution in [0.15, 0.2) is 152 Å². The van der Waals surface area contributed by atoms with E-state index in [2.05, 4.69) is 52.7 Å². The standard InChI is InChI=1S/C43H42N2O4/c46-39(32-49-41-24-22-40(23-25-41)48-31-35-12-5-2-6-13-35)30-45(29-34-10-3-1-4-11-34)27-26-33-18-20-38(21-19-33)44-43(47)28-37-16-9-15-36-14-7-8-17-42(36)37/h1-25,39,46H,26-32H2,(H,44,47)/t39-/m0/s1. The highest BCUT2D eigenvalue weighted by atomic mass is 16.5. The van der Waals surface area contributed by atoms with Crippen LogP contribution < -0.4 is 14.8 Å². The number of nitrogens with zero attached hydrogens (tertiary/aromatic N) is 1. The van der Waals surface area contributed by atoms with Crippen LogP contribution in [0.4, 0.5) is 5.69 Å². The minimum Gasteiger partial charge on any atom is -0.491 e. The summed E-state index contributed by atoms with van der Waals surface area (Å²) in [6.07, 6.45) is 0.449. The van der Waals surface area contributed by atoms with E-state index in [0.29, 0.717) is 31.9 Å². The number of carbonyl (C=O) groups is 1. The lowest BCUT2D eigenvalue weighted by atomic mass is 10.0. The number of hydrogen-bond acceptors (Lipinski definition) is 5. The molecule has 0 aliphatic rings. The fraction of sp³-hybridized carbons (Fsp3) is 0.186. The quantitative estimate of drug-likeness (QED) is 0.111. The summed E-state index contributed by atoms with van der Waals surface area (Å²) >= 11 is 0. The van der Waals surface area contributed by atoms with Crippen molar-refractivity contribution in [2.24, 2.45) is 0 Å². The maximum Gasteiger partial charge on any atom is 0.228 e. The average molecular weight is 651 g/mol. The van der Waals surface area contributed by atoms with Crippen LogP contribution in [0.25, 0.3) is 10.8 Å². The van der Waals surface area contributed by atoms with Crippen molar-refractivity contribution in [3.8, 4) is 11.5 Å². The van der Waals surface area contributed by atoms with Crippen LogP contribution >= 0.6 is 0 Å². The molecule has 0 fully saturated rings. The third-order valence-corrected chi connectivity index (χ3v) is 8.42. The van der Waals surface area contributed by atoms with E-state index in [1.54, 1.807) is 0 Å². The van der Waals surface area contributed by atoms with Crippen molar-refractivity contribution in [1.29, 1.82) is 0 Å². The Morgan fingerprint density at radius 3 is 2.02 bits per heavy atom. The van der Waals surface area contributed by atoms with Crippen molar-refractivity contribution >= 4 is 22.4 Å². The van der Waals surface area contributed by atoms with Gasteiger partial charge in [-0.15, -0.1) is 0 Å². The van der Waals surface area contributed by atoms with Crippen LogP contribution in [-0.2, 0) is 30.8 Å². The van der Waals surface area contributed by atoms with Crippen LogP contribution in [-0.4, -0.2) is 41.7 Å². The van der Waals surface area contributed by atoms with Gasteiger partial charge in [-0.1, -0.05) is 115 Å². The van der Waals surface area contributed by atoms with Gasteiger partial charge in [0.05, 0.1) is 6.42 Å². The molecule has 0 bridgehead atoms. The lowest BCUT2D eigenvalue weighted by molar-refractivity contribution is -0.115. The van der Waals surface area contributed by atoms with E-state index in [-0.39, 0.29) is 12.5 Å². The number of hydrogen-bond donors (Lipinski definition) is 2. The van der Waals surface area contributed by atoms with Gasteiger partial charge in [-0.05, 0) is 75.8 Å². The Morgan fingerprint density at radius 2 is 1.29 bits per heavy atom. The maximum atomic E-state index is 12.9. The lowest BCUT2D eigenvalue weighted by Crippen LogP contribution is -2.36. The van der Waals surface area contributed by atoms with Crippen LogP contribution in [0.5, 0.6) is 11.5 Å². The maximum absolute atomic E-state index is 12.9. The predicted molar refractivity (Wildman–Crippen MR) is 197 cm³/mol. The van der Waals surface area contributed by atoms with E-state index in [1.807, 2.05) is 109 Å². The second-order valence-electron chi connectivity index (χ2n) is 12.2. The summed E-state index contributed by atoms with van der Waals surface area (Å²) in [4.78, 5) is 15.1. The van der Waals surface area contributed by atoms with Crippen molar-refractivity contribution in [2.75, 3.05) is 25.0 Å². The summed E-state index contributed by atoms with van der Waals surface area (Å²) in [5.74, 6) is 1.41. The van der Waals surface area contributed by atoms with E-state index in [0.717, 1.165) is 51.9 Å². The number of aliphatic hydroxyl groups is 1. The van der Waals surface area contributed by atoms with Gasteiger partial charge in [0.1, 0.15) is 30.8 Å². The summed E-state index contributed by atoms with van der Waals surface area (Å²) in [6, 6.07) is 50.1. The van der Waals surface area contributed by atoms with Gasteiger partial charge in [0.2, 0.25) is 5.91 Å². The zero-order valence-corrected chi connectivity index (χ0v) is 27.6. The number of fused-ring (bicyclic) bond motifs is 1. The van der Waals surface area contributed by atoms with Crippen molar-refractivity contribution in [2.45, 2.75) is 32.1 Å². The topological polar surface area (TPSA) is 71.0 Å². The fourth-order valence-electron chi connectivity index (χ4n) is 5.86. The Balaban J connectivity index is 0.989. The van der Waals surface area contributed by atoms with Gasteiger partial charge < -0.3 is 19.9 Å². The molecular weight excluding hydrogens is 608 g/mol. The van der Waals surface area contributed by atoms with Gasteiger partial charge in [0.15, 0.2) is 0 Å². The molecule has 0 aliphatic heterocycles. The first-order valence-electron chi connectivity index (χ1n) is 16.8. The average Bonchev–Trinajstić information content (AvgIpc) is 3.14. The largest absolute Gasteiger partial charge is 0.491 e. The van der Waals surface area contributed by atoms with Gasteiger partial charge in [0.25, 0.3) is 0 Å². The Kier molecular flexibility index (Phi) is 11.7. The Hall–Kier alpha value is -5.43. The molecule has 6 aromatic rings. The summed E-state index contributed by atoms with van der Waals surface area (Å²) in [7, 11) is 0. The van der Waals surface area contributed by atoms with Crippen molar-refractivity contribution in [1.82, 2.24) is 4.90 Å². The SMILES string of the molecule is O=C(Cc1cccc2ccccc12)Nc1ccc(CCN(Cc2ccccc2)C[C@H](O)COc2ccc(OCc3ccccc3)cc2)cc1. The van der Waals surface area contributed by atoms with Crippen LogP contribution in [0, 0.1) is 0 Å². The number of aliphatic hydroxyl groups excluding tert-OH is 1. The minimum absolute atomic E-state index is 0.0401. The molecule has 2 N–H and O–H groups in total. The third kappa shape index (κ3) is 10.3. The fourth-order valence-corrected chi connectivity index (χ4v) is 5.86. The molecule has 6 aromatic carbocycles. The van der Waals surface area contributed by atoms with Gasteiger partial charge in [-0.2, -0.15) is 0 Å². The molecule has 0 saturated carbocycles. The zero-order chi connectivity index (χ0) is 33.7. The Morgan fingerprint density at radius 1 is 0.653 bits per heavy atom. The molecule has 0 aliphatic carbocycles. The highest BCUT2D eigenvalue weighted by molar-refractivity contribution is 5.96. The third-order valence-electron chi connectivity index (χ3n) is 8.42. The number of ether oxygens (including phenoxy) is 2. The van der Waals surface area contributed by atoms with Crippen molar-refractivity contribution < 1.29 is 19.4 Å². The van der Waals surface area contributed by atoms with Gasteiger partial charge >= 0.3 is 0 Å². The zero-order valence-electron chi connectivity index (χ0n) is 27.6. The molecule has 6 nitrogen and oxygen atoms in total. The highest BCUT2D eigenvalue weighted by Crippen LogP contribution is 2.21. The molecule has 1 atom stereocenters. The van der Waals surface area contributed by atoms with Gasteiger partial charge in [-0.25, -0.2) is 0 Å². The Bertz CT molecular complexity index is 1890. The predicted octanol–water partition coefficient (Wildman–Crippen LogP) is 8.08. The molecule has 49 heavy (non-hydrogen) atoms. The molecule has 0 unspecified atom stereocenters. The molecule has 0 saturated heterocycles. The number of rotatable bonds is 16. The molecular formula is C43H42N2O4. The molecule has 0 radical (unpaired) electrons. The molecule has 6 heteroatoms. The monoisotopic (exact) mass is 650 g/mol. The molecule has 248 valence electrons. The number of carbonyl (C=O) groups excluding carboxylic acids is 1. The second-order valence-corrected chi connectivity index (χ2v) is 12.2. The van der Waals surface area contributed by atoms with Crippen LogP contribution in [0.2, 0.25) is 0 Å². The summed E-state index contributed by atoms with van der Waals surface area (Å²) in [6.45, 7) is 2.63. The number of benzene rings is 6. The number of amides is 1. The summed E-state index contributed by atoms with van der Waals surface area (Å²) in [5, 5.41) is 16.3. The Labute approximate surface area is 288 Å². The lowest BCUT2D eigenvalue weighted by Gasteiger charge is -2.25. The van der Waals surface area contributed by atoms with Gasteiger partial charge in [0, 0.05) is 25.3 Å². The summed E-state index contributed by atoms with van der Waals surface area (Å²) < 4.78 is 11.8. The smallest absolute Gasteiger partial charge is 0.228 e. The van der Waals surface area contributed by atoms with E-state index in [9.17, 15) is 9.90 Å². The molecule has 0 heterocycles. The number of anilines is 1.